The van der Waals surface area contributed by atoms with E-state index in [0.717, 1.165) is 69.2 Å². The lowest BCUT2D eigenvalue weighted by atomic mass is 10.0. The van der Waals surface area contributed by atoms with Crippen LogP contribution in [0.3, 0.4) is 0 Å². The zero-order chi connectivity index (χ0) is 21.3. The maximum Gasteiger partial charge on any atom is 0.191 e. The number of nitrogens with one attached hydrogen (secondary N) is 2. The van der Waals surface area contributed by atoms with E-state index in [1.165, 1.54) is 11.3 Å². The number of likely N-dealkylation sites (tertiary alicyclic amines) is 1. The number of aromatic nitrogens is 3. The van der Waals surface area contributed by atoms with Gasteiger partial charge >= 0.3 is 0 Å². The summed E-state index contributed by atoms with van der Waals surface area (Å²) in [6.45, 7) is 11.1. The Labute approximate surface area is 181 Å². The predicted octanol–water partition coefficient (Wildman–Crippen LogP) is 2.66. The molecule has 3 heterocycles. The normalized spacial score (nSPS) is 16.1. The van der Waals surface area contributed by atoms with Gasteiger partial charge in [0, 0.05) is 56.7 Å². The molecule has 0 radical (unpaired) electrons. The monoisotopic (exact) mass is 411 g/mol. The van der Waals surface area contributed by atoms with Crippen LogP contribution in [0.25, 0.3) is 0 Å². The van der Waals surface area contributed by atoms with Gasteiger partial charge in [-0.3, -0.25) is 14.6 Å². The van der Waals surface area contributed by atoms with Crippen LogP contribution >= 0.6 is 0 Å². The third-order valence-electron chi connectivity index (χ3n) is 5.81. The number of guanidine groups is 1. The SMILES string of the molecule is CCNC(=NCc1c(CC)nn(C)c1CC)NC1CCN(Cc2ccccn2)CC1. The largest absolute Gasteiger partial charge is 0.357 e. The van der Waals surface area contributed by atoms with Crippen LogP contribution in [-0.4, -0.2) is 51.3 Å². The van der Waals surface area contributed by atoms with E-state index in [1.807, 2.05) is 24.0 Å². The molecule has 0 aliphatic carbocycles. The van der Waals surface area contributed by atoms with Gasteiger partial charge in [-0.05, 0) is 44.7 Å². The van der Waals surface area contributed by atoms with Crippen molar-refractivity contribution in [2.45, 2.75) is 65.6 Å². The third-order valence-corrected chi connectivity index (χ3v) is 5.81. The highest BCUT2D eigenvalue weighted by Gasteiger charge is 2.20. The summed E-state index contributed by atoms with van der Waals surface area (Å²) in [6, 6.07) is 6.59. The first-order chi connectivity index (χ1) is 14.6. The van der Waals surface area contributed by atoms with Crippen molar-refractivity contribution < 1.29 is 0 Å². The number of hydrogen-bond donors (Lipinski definition) is 2. The Morgan fingerprint density at radius 2 is 1.97 bits per heavy atom. The van der Waals surface area contributed by atoms with E-state index in [-0.39, 0.29) is 0 Å². The lowest BCUT2D eigenvalue weighted by molar-refractivity contribution is 0.196. The minimum absolute atomic E-state index is 0.452. The zero-order valence-electron chi connectivity index (χ0n) is 19.0. The quantitative estimate of drug-likeness (QED) is 0.516. The Kier molecular flexibility index (Phi) is 8.25. The van der Waals surface area contributed by atoms with Crippen molar-refractivity contribution in [2.24, 2.45) is 12.0 Å². The van der Waals surface area contributed by atoms with Gasteiger partial charge < -0.3 is 10.6 Å². The van der Waals surface area contributed by atoms with Gasteiger partial charge in [-0.25, -0.2) is 4.99 Å². The Morgan fingerprint density at radius 1 is 1.17 bits per heavy atom. The van der Waals surface area contributed by atoms with E-state index >= 15 is 0 Å². The molecule has 0 atom stereocenters. The van der Waals surface area contributed by atoms with Crippen LogP contribution in [-0.2, 0) is 33.0 Å². The summed E-state index contributed by atoms with van der Waals surface area (Å²) in [4.78, 5) is 11.9. The lowest BCUT2D eigenvalue weighted by Gasteiger charge is -2.32. The van der Waals surface area contributed by atoms with Gasteiger partial charge in [0.2, 0.25) is 0 Å². The van der Waals surface area contributed by atoms with Crippen molar-refractivity contribution in [1.29, 1.82) is 0 Å². The molecular formula is C23H37N7. The van der Waals surface area contributed by atoms with Crippen LogP contribution in [0, 0.1) is 0 Å². The maximum atomic E-state index is 4.91. The second kappa shape index (κ2) is 11.1. The first-order valence-corrected chi connectivity index (χ1v) is 11.3. The van der Waals surface area contributed by atoms with E-state index in [4.69, 9.17) is 4.99 Å². The van der Waals surface area contributed by atoms with Crippen molar-refractivity contribution >= 4 is 5.96 Å². The van der Waals surface area contributed by atoms with Crippen molar-refractivity contribution in [3.63, 3.8) is 0 Å². The highest BCUT2D eigenvalue weighted by molar-refractivity contribution is 5.80. The average molecular weight is 412 g/mol. The van der Waals surface area contributed by atoms with E-state index in [2.05, 4.69) is 58.5 Å². The molecule has 0 aromatic carbocycles. The van der Waals surface area contributed by atoms with Gasteiger partial charge in [-0.1, -0.05) is 19.9 Å². The van der Waals surface area contributed by atoms with Crippen molar-refractivity contribution in [2.75, 3.05) is 19.6 Å². The predicted molar refractivity (Wildman–Crippen MR) is 122 cm³/mol. The van der Waals surface area contributed by atoms with Gasteiger partial charge in [0.05, 0.1) is 17.9 Å². The second-order valence-electron chi connectivity index (χ2n) is 7.91. The molecule has 0 saturated carbocycles. The topological polar surface area (TPSA) is 70.4 Å². The molecule has 1 fully saturated rings. The Morgan fingerprint density at radius 3 is 2.60 bits per heavy atom. The summed E-state index contributed by atoms with van der Waals surface area (Å²) in [5.41, 5.74) is 4.88. The van der Waals surface area contributed by atoms with Crippen LogP contribution in [0.15, 0.2) is 29.4 Å². The van der Waals surface area contributed by atoms with Gasteiger partial charge in [0.25, 0.3) is 0 Å². The van der Waals surface area contributed by atoms with Crippen LogP contribution in [0.4, 0.5) is 0 Å². The second-order valence-corrected chi connectivity index (χ2v) is 7.91. The number of aliphatic imine (C=N–C) groups is 1. The van der Waals surface area contributed by atoms with E-state index < -0.39 is 0 Å². The standard InChI is InChI=1S/C23H37N7/c1-5-21-20(22(6-2)29(4)28-21)16-26-23(24-7-3)27-18-11-14-30(15-12-18)17-19-10-8-9-13-25-19/h8-10,13,18H,5-7,11-12,14-17H2,1-4H3,(H2,24,26,27). The average Bonchev–Trinajstić information content (AvgIpc) is 3.08. The Hall–Kier alpha value is -2.41. The van der Waals surface area contributed by atoms with Crippen LogP contribution in [0.5, 0.6) is 0 Å². The van der Waals surface area contributed by atoms with Crippen LogP contribution in [0.2, 0.25) is 0 Å². The molecule has 7 heteroatoms. The summed E-state index contributed by atoms with van der Waals surface area (Å²) in [5, 5.41) is 11.8. The van der Waals surface area contributed by atoms with Crippen molar-refractivity contribution in [3.05, 3.63) is 47.0 Å². The first-order valence-electron chi connectivity index (χ1n) is 11.3. The number of hydrogen-bond acceptors (Lipinski definition) is 4. The summed E-state index contributed by atoms with van der Waals surface area (Å²) < 4.78 is 2.02. The fourth-order valence-electron chi connectivity index (χ4n) is 4.20. The molecule has 0 amide bonds. The number of pyridine rings is 1. The Bertz CT molecular complexity index is 804. The summed E-state index contributed by atoms with van der Waals surface area (Å²) in [7, 11) is 2.04. The number of nitrogens with zero attached hydrogens (tertiary/aromatic N) is 5. The van der Waals surface area contributed by atoms with E-state index in [9.17, 15) is 0 Å². The molecule has 7 nitrogen and oxygen atoms in total. The van der Waals surface area contributed by atoms with Gasteiger partial charge in [0.1, 0.15) is 0 Å². The minimum Gasteiger partial charge on any atom is -0.357 e. The van der Waals surface area contributed by atoms with Crippen LogP contribution < -0.4 is 10.6 Å². The molecule has 2 aromatic rings. The molecular weight excluding hydrogens is 374 g/mol. The molecule has 0 unspecified atom stereocenters. The molecule has 0 bridgehead atoms. The van der Waals surface area contributed by atoms with Crippen LogP contribution in [0.1, 0.15) is 56.3 Å². The number of rotatable bonds is 8. The molecule has 2 N–H and O–H groups in total. The van der Waals surface area contributed by atoms with Gasteiger partial charge in [0.15, 0.2) is 5.96 Å². The molecule has 2 aromatic heterocycles. The number of aryl methyl sites for hydroxylation is 2. The van der Waals surface area contributed by atoms with Crippen molar-refractivity contribution in [1.82, 2.24) is 30.3 Å². The first kappa shape index (κ1) is 22.3. The van der Waals surface area contributed by atoms with Gasteiger partial charge in [-0.15, -0.1) is 0 Å². The molecule has 1 aliphatic heterocycles. The molecule has 1 saturated heterocycles. The molecule has 1 aliphatic rings. The molecule has 30 heavy (non-hydrogen) atoms. The summed E-state index contributed by atoms with van der Waals surface area (Å²) >= 11 is 0. The maximum absolute atomic E-state index is 4.91. The summed E-state index contributed by atoms with van der Waals surface area (Å²) in [5.74, 6) is 0.911. The third kappa shape index (κ3) is 5.81. The van der Waals surface area contributed by atoms with Gasteiger partial charge in [-0.2, -0.15) is 5.10 Å². The molecule has 164 valence electrons. The number of piperidine rings is 1. The fraction of sp³-hybridized carbons (Fsp3) is 0.609. The zero-order valence-corrected chi connectivity index (χ0v) is 19.0. The Balaban J connectivity index is 1.57. The minimum atomic E-state index is 0.452. The smallest absolute Gasteiger partial charge is 0.191 e. The molecule has 3 rings (SSSR count). The van der Waals surface area contributed by atoms with E-state index in [1.54, 1.807) is 0 Å². The lowest BCUT2D eigenvalue weighted by Crippen LogP contribution is -2.48. The highest BCUT2D eigenvalue weighted by atomic mass is 15.3. The summed E-state index contributed by atoms with van der Waals surface area (Å²) in [6.07, 6.45) is 6.03. The van der Waals surface area contributed by atoms with Crippen molar-refractivity contribution in [3.8, 4) is 0 Å². The molecule has 0 spiro atoms. The van der Waals surface area contributed by atoms with E-state index in [0.29, 0.717) is 12.6 Å². The highest BCUT2D eigenvalue weighted by Crippen LogP contribution is 2.17. The fourth-order valence-corrected chi connectivity index (χ4v) is 4.20.